The minimum atomic E-state index is -1.34. The molecule has 3 spiro atoms. The van der Waals surface area contributed by atoms with Crippen LogP contribution in [0.5, 0.6) is 0 Å². The van der Waals surface area contributed by atoms with E-state index in [0.29, 0.717) is 6.42 Å². The number of ether oxygens (including phenoxy) is 5. The van der Waals surface area contributed by atoms with Crippen LogP contribution in [0.1, 0.15) is 100 Å². The molecule has 5 N–H and O–H groups in total. The molecule has 272 valence electrons. The summed E-state index contributed by atoms with van der Waals surface area (Å²) in [6.45, 7) is 16.0. The van der Waals surface area contributed by atoms with Crippen molar-refractivity contribution in [3.63, 3.8) is 0 Å². The number of aliphatic hydroxyl groups is 5. The van der Waals surface area contributed by atoms with E-state index in [2.05, 4.69) is 34.6 Å². The lowest BCUT2D eigenvalue weighted by Crippen LogP contribution is -2.65. The molecule has 0 amide bonds. The highest BCUT2D eigenvalue weighted by molar-refractivity contribution is 5.66. The summed E-state index contributed by atoms with van der Waals surface area (Å²) in [6.07, 6.45) is -1.55. The van der Waals surface area contributed by atoms with Crippen LogP contribution in [-0.2, 0) is 28.5 Å². The van der Waals surface area contributed by atoms with Crippen LogP contribution in [-0.4, -0.2) is 105 Å². The third-order valence-corrected chi connectivity index (χ3v) is 16.2. The van der Waals surface area contributed by atoms with Crippen molar-refractivity contribution in [1.29, 1.82) is 0 Å². The first-order valence-corrected chi connectivity index (χ1v) is 18.5. The van der Waals surface area contributed by atoms with Gasteiger partial charge in [-0.25, -0.2) is 0 Å². The van der Waals surface area contributed by atoms with Gasteiger partial charge in [0.2, 0.25) is 0 Å². The monoisotopic (exact) mass is 678 g/mol. The highest BCUT2D eigenvalue weighted by atomic mass is 16.8. The Morgan fingerprint density at radius 2 is 1.58 bits per heavy atom. The summed E-state index contributed by atoms with van der Waals surface area (Å²) in [7, 11) is 0. The zero-order valence-corrected chi connectivity index (χ0v) is 29.8. The van der Waals surface area contributed by atoms with Crippen molar-refractivity contribution >= 4 is 5.97 Å². The molecular weight excluding hydrogens is 620 g/mol. The first-order valence-electron chi connectivity index (χ1n) is 18.5. The molecule has 0 aromatic heterocycles. The molecule has 0 aromatic carbocycles. The van der Waals surface area contributed by atoms with Gasteiger partial charge in [-0.15, -0.1) is 0 Å². The maximum absolute atomic E-state index is 12.9. The van der Waals surface area contributed by atoms with E-state index in [1.807, 2.05) is 0 Å². The van der Waals surface area contributed by atoms with Crippen LogP contribution < -0.4 is 0 Å². The van der Waals surface area contributed by atoms with Crippen LogP contribution >= 0.6 is 0 Å². The van der Waals surface area contributed by atoms with Crippen LogP contribution in [0.4, 0.5) is 0 Å². The van der Waals surface area contributed by atoms with Gasteiger partial charge in [-0.1, -0.05) is 34.6 Å². The number of aliphatic hydroxyl groups excluding tert-OH is 4. The average Bonchev–Trinajstić information content (AvgIpc) is 3.48. The van der Waals surface area contributed by atoms with Crippen molar-refractivity contribution in [2.75, 3.05) is 6.61 Å². The summed E-state index contributed by atoms with van der Waals surface area (Å²) in [5.41, 5.74) is -2.98. The maximum Gasteiger partial charge on any atom is 0.302 e. The van der Waals surface area contributed by atoms with Gasteiger partial charge in [0.15, 0.2) is 12.1 Å². The summed E-state index contributed by atoms with van der Waals surface area (Å²) in [6, 6.07) is 0. The van der Waals surface area contributed by atoms with Crippen molar-refractivity contribution in [3.05, 3.63) is 0 Å². The van der Waals surface area contributed by atoms with E-state index in [4.69, 9.17) is 23.7 Å². The molecule has 3 heterocycles. The van der Waals surface area contributed by atoms with Gasteiger partial charge in [0.1, 0.15) is 36.6 Å². The van der Waals surface area contributed by atoms with Crippen molar-refractivity contribution in [1.82, 2.24) is 0 Å². The minimum absolute atomic E-state index is 0.0317. The number of hydrogen-bond donors (Lipinski definition) is 5. The van der Waals surface area contributed by atoms with E-state index >= 15 is 0 Å². The molecule has 0 aromatic rings. The predicted molar refractivity (Wildman–Crippen MR) is 170 cm³/mol. The largest absolute Gasteiger partial charge is 0.462 e. The number of rotatable bonds is 4. The molecular formula is C37H58O11. The van der Waals surface area contributed by atoms with Gasteiger partial charge in [-0.05, 0) is 92.8 Å². The van der Waals surface area contributed by atoms with E-state index in [9.17, 15) is 30.3 Å². The Balaban J connectivity index is 1.16. The summed E-state index contributed by atoms with van der Waals surface area (Å²) in [5, 5.41) is 55.0. The Morgan fingerprint density at radius 3 is 2.25 bits per heavy atom. The molecule has 11 heteroatoms. The SMILES string of the molecule is CC(=O)O[C@@H]1C[C@@]23C[C@@]24CC[C@H](O[C@@H]2OC[C@H](O)[C@H](O)[C@H]2O)C(C)(C)[C@@H]4CC[C@H]3[C@]2(C)[C@@H](O)[C@@]34OC(C[C@@H](C)[C@@H]3[C@@]12C)[C@@H](C(C)(C)O)O4. The highest BCUT2D eigenvalue weighted by Gasteiger charge is 2.90. The van der Waals surface area contributed by atoms with Crippen molar-refractivity contribution in [3.8, 4) is 0 Å². The Hall–Kier alpha value is -0.890. The predicted octanol–water partition coefficient (Wildman–Crippen LogP) is 2.66. The summed E-state index contributed by atoms with van der Waals surface area (Å²) < 4.78 is 32.2. The average molecular weight is 679 g/mol. The highest BCUT2D eigenvalue weighted by Crippen LogP contribution is 2.90. The van der Waals surface area contributed by atoms with Gasteiger partial charge in [0.05, 0.1) is 24.4 Å². The lowest BCUT2D eigenvalue weighted by Gasteiger charge is -2.65. The second-order valence-corrected chi connectivity index (χ2v) is 18.9. The van der Waals surface area contributed by atoms with Crippen molar-refractivity contribution < 1.29 is 54.0 Å². The van der Waals surface area contributed by atoms with E-state index in [-0.39, 0.29) is 64.7 Å². The van der Waals surface area contributed by atoms with Gasteiger partial charge in [-0.3, -0.25) is 4.79 Å². The lowest BCUT2D eigenvalue weighted by molar-refractivity contribution is -0.304. The molecule has 18 atom stereocenters. The fourth-order valence-corrected chi connectivity index (χ4v) is 14.3. The molecule has 8 fully saturated rings. The van der Waals surface area contributed by atoms with Crippen LogP contribution in [0.3, 0.4) is 0 Å². The summed E-state index contributed by atoms with van der Waals surface area (Å²) in [4.78, 5) is 12.9. The molecule has 48 heavy (non-hydrogen) atoms. The fraction of sp³-hybridized carbons (Fsp3) is 0.973. The van der Waals surface area contributed by atoms with E-state index in [1.165, 1.54) is 6.92 Å². The molecule has 2 bridgehead atoms. The first-order chi connectivity index (χ1) is 22.2. The molecule has 11 nitrogen and oxygen atoms in total. The van der Waals surface area contributed by atoms with Crippen LogP contribution in [0.2, 0.25) is 0 Å². The first kappa shape index (κ1) is 34.2. The van der Waals surface area contributed by atoms with Gasteiger partial charge in [0, 0.05) is 23.7 Å². The van der Waals surface area contributed by atoms with E-state index < -0.39 is 65.1 Å². The van der Waals surface area contributed by atoms with Gasteiger partial charge >= 0.3 is 5.97 Å². The summed E-state index contributed by atoms with van der Waals surface area (Å²) in [5.74, 6) is -1.33. The van der Waals surface area contributed by atoms with Gasteiger partial charge in [0.25, 0.3) is 0 Å². The number of carbonyl (C=O) groups is 1. The standard InChI is InChI=1S/C37H58O11/c1-17-13-20-28(32(5,6)43)48-37(47-20)27(17)34(8)24(45-18(2)38)14-36-16-35(36)12-11-23(46-29-26(41)25(40)19(39)15-44-29)31(3,4)21(35)9-10-22(36)33(34,7)30(37)42/h17,19-30,39-43H,9-16H2,1-8H3/t17-,19+,20?,21+,22+,23+,24-,25+,26-,27-,28+,29+,30-,33-,34-,35-,36+,37-/m1/s1. The maximum atomic E-state index is 12.9. The number of hydrogen-bond acceptors (Lipinski definition) is 11. The topological polar surface area (TPSA) is 164 Å². The van der Waals surface area contributed by atoms with E-state index in [0.717, 1.165) is 38.5 Å². The molecule has 5 saturated carbocycles. The molecule has 3 saturated heterocycles. The molecule has 1 unspecified atom stereocenters. The van der Waals surface area contributed by atoms with Crippen molar-refractivity contribution in [2.45, 2.75) is 167 Å². The fourth-order valence-electron chi connectivity index (χ4n) is 14.3. The smallest absolute Gasteiger partial charge is 0.302 e. The number of esters is 1. The second kappa shape index (κ2) is 10.2. The zero-order valence-electron chi connectivity index (χ0n) is 29.8. The lowest BCUT2D eigenvalue weighted by atomic mass is 9.40. The Labute approximate surface area is 284 Å². The Kier molecular flexibility index (Phi) is 7.24. The van der Waals surface area contributed by atoms with Gasteiger partial charge < -0.3 is 49.2 Å². The quantitative estimate of drug-likeness (QED) is 0.219. The normalized spacial score (nSPS) is 59.4. The van der Waals surface area contributed by atoms with Crippen molar-refractivity contribution in [2.24, 2.45) is 50.7 Å². The molecule has 0 radical (unpaired) electrons. The Morgan fingerprint density at radius 1 is 0.896 bits per heavy atom. The van der Waals surface area contributed by atoms with E-state index in [1.54, 1.807) is 13.8 Å². The summed E-state index contributed by atoms with van der Waals surface area (Å²) >= 11 is 0. The molecule has 8 aliphatic rings. The molecule has 3 aliphatic heterocycles. The minimum Gasteiger partial charge on any atom is -0.462 e. The molecule has 8 rings (SSSR count). The van der Waals surface area contributed by atoms with Gasteiger partial charge in [-0.2, -0.15) is 0 Å². The second-order valence-electron chi connectivity index (χ2n) is 18.9. The van der Waals surface area contributed by atoms with Crippen LogP contribution in [0.15, 0.2) is 0 Å². The zero-order chi connectivity index (χ0) is 34.8. The number of fused-ring (bicyclic) bond motifs is 4. The van der Waals surface area contributed by atoms with Crippen LogP contribution in [0.25, 0.3) is 0 Å². The third-order valence-electron chi connectivity index (χ3n) is 16.2. The Bertz CT molecular complexity index is 1350. The molecule has 5 aliphatic carbocycles. The third kappa shape index (κ3) is 3.90. The number of carbonyl (C=O) groups excluding carboxylic acids is 1. The van der Waals surface area contributed by atoms with Crippen LogP contribution in [0, 0.1) is 50.7 Å².